The van der Waals surface area contributed by atoms with Crippen molar-refractivity contribution < 1.29 is 14.7 Å². The second-order valence-corrected chi connectivity index (χ2v) is 6.91. The van der Waals surface area contributed by atoms with E-state index in [0.29, 0.717) is 0 Å². The molecule has 0 saturated carbocycles. The molecule has 0 bridgehead atoms. The molecule has 6 nitrogen and oxygen atoms in total. The highest BCUT2D eigenvalue weighted by Gasteiger charge is 2.21. The van der Waals surface area contributed by atoms with Crippen molar-refractivity contribution in [3.63, 3.8) is 0 Å². The van der Waals surface area contributed by atoms with Gasteiger partial charge in [-0.15, -0.1) is 0 Å². The highest BCUT2D eigenvalue weighted by Crippen LogP contribution is 2.28. The van der Waals surface area contributed by atoms with E-state index in [2.05, 4.69) is 13.0 Å². The summed E-state index contributed by atoms with van der Waals surface area (Å²) in [6, 6.07) is 10.0. The lowest BCUT2D eigenvalue weighted by Crippen LogP contribution is -2.33. The first-order valence-electron chi connectivity index (χ1n) is 8.78. The minimum Gasteiger partial charge on any atom is -0.480 e. The van der Waals surface area contributed by atoms with Crippen LogP contribution in [0, 0.1) is 20.8 Å². The van der Waals surface area contributed by atoms with Crippen LogP contribution in [0.15, 0.2) is 36.5 Å². The Bertz CT molecular complexity index is 1040. The quantitative estimate of drug-likeness (QED) is 0.754. The van der Waals surface area contributed by atoms with Gasteiger partial charge in [0.25, 0.3) is 0 Å². The standard InChI is InChI=1S/C21H23N3O3/c1-13-7-8-16(10-15(13)3)20-17(11-18(25)23(4)12-19(26)27)24-9-5-6-14(2)21(24)22-20/h5-10H,11-12H2,1-4H3,(H,26,27). The molecule has 0 radical (unpaired) electrons. The molecule has 0 aliphatic heterocycles. The summed E-state index contributed by atoms with van der Waals surface area (Å²) in [6.07, 6.45) is 1.97. The van der Waals surface area contributed by atoms with Crippen LogP contribution in [0.2, 0.25) is 0 Å². The number of rotatable bonds is 5. The summed E-state index contributed by atoms with van der Waals surface area (Å²) in [4.78, 5) is 29.5. The number of imidazole rings is 1. The fourth-order valence-electron chi connectivity index (χ4n) is 3.11. The number of aliphatic carboxylic acids is 1. The zero-order chi connectivity index (χ0) is 19.7. The van der Waals surface area contributed by atoms with E-state index < -0.39 is 5.97 Å². The number of aryl methyl sites for hydroxylation is 3. The average Bonchev–Trinajstić information content (AvgIpc) is 2.97. The van der Waals surface area contributed by atoms with Gasteiger partial charge in [0.15, 0.2) is 0 Å². The lowest BCUT2D eigenvalue weighted by atomic mass is 10.0. The Labute approximate surface area is 158 Å². The Morgan fingerprint density at radius 3 is 2.52 bits per heavy atom. The molecule has 0 unspecified atom stereocenters. The highest BCUT2D eigenvalue weighted by atomic mass is 16.4. The number of pyridine rings is 1. The van der Waals surface area contributed by atoms with E-state index in [1.165, 1.54) is 17.5 Å². The second kappa shape index (κ2) is 7.23. The molecule has 0 saturated heterocycles. The number of carboxylic acids is 1. The summed E-state index contributed by atoms with van der Waals surface area (Å²) in [6.45, 7) is 5.76. The van der Waals surface area contributed by atoms with Gasteiger partial charge in [0.2, 0.25) is 5.91 Å². The highest BCUT2D eigenvalue weighted by molar-refractivity contribution is 5.84. The normalized spacial score (nSPS) is 11.0. The van der Waals surface area contributed by atoms with Gasteiger partial charge in [0, 0.05) is 18.8 Å². The van der Waals surface area contributed by atoms with E-state index >= 15 is 0 Å². The number of benzene rings is 1. The molecular formula is C21H23N3O3. The van der Waals surface area contributed by atoms with Crippen LogP contribution in [0.25, 0.3) is 16.9 Å². The molecule has 27 heavy (non-hydrogen) atoms. The topological polar surface area (TPSA) is 74.9 Å². The molecule has 6 heteroatoms. The van der Waals surface area contributed by atoms with Crippen molar-refractivity contribution in [1.29, 1.82) is 0 Å². The van der Waals surface area contributed by atoms with Crippen molar-refractivity contribution in [2.24, 2.45) is 0 Å². The van der Waals surface area contributed by atoms with E-state index in [1.807, 2.05) is 48.7 Å². The maximum absolute atomic E-state index is 12.6. The zero-order valence-corrected chi connectivity index (χ0v) is 16.0. The van der Waals surface area contributed by atoms with Gasteiger partial charge in [0.05, 0.1) is 17.8 Å². The van der Waals surface area contributed by atoms with Crippen LogP contribution in [0.3, 0.4) is 0 Å². The number of hydrogen-bond donors (Lipinski definition) is 1. The van der Waals surface area contributed by atoms with E-state index in [-0.39, 0.29) is 18.9 Å². The van der Waals surface area contributed by atoms with Crippen LogP contribution < -0.4 is 0 Å². The number of carbonyl (C=O) groups excluding carboxylic acids is 1. The summed E-state index contributed by atoms with van der Waals surface area (Å²) < 4.78 is 1.92. The molecule has 0 aliphatic carbocycles. The number of carbonyl (C=O) groups is 2. The first-order valence-corrected chi connectivity index (χ1v) is 8.78. The SMILES string of the molecule is Cc1ccc(-c2nc3c(C)cccn3c2CC(=O)N(C)CC(=O)O)cc1C. The lowest BCUT2D eigenvalue weighted by molar-refractivity contribution is -0.143. The predicted molar refractivity (Wildman–Crippen MR) is 104 cm³/mol. The van der Waals surface area contributed by atoms with Gasteiger partial charge in [-0.25, -0.2) is 4.98 Å². The summed E-state index contributed by atoms with van der Waals surface area (Å²) in [7, 11) is 1.50. The first kappa shape index (κ1) is 18.6. The first-order chi connectivity index (χ1) is 12.8. The Hall–Kier alpha value is -3.15. The largest absolute Gasteiger partial charge is 0.480 e. The smallest absolute Gasteiger partial charge is 0.323 e. The van der Waals surface area contributed by atoms with Gasteiger partial charge in [0.1, 0.15) is 12.2 Å². The molecule has 1 N–H and O–H groups in total. The number of hydrogen-bond acceptors (Lipinski definition) is 3. The van der Waals surface area contributed by atoms with Crippen molar-refractivity contribution in [3.8, 4) is 11.3 Å². The zero-order valence-electron chi connectivity index (χ0n) is 16.0. The average molecular weight is 365 g/mol. The van der Waals surface area contributed by atoms with E-state index in [1.54, 1.807) is 0 Å². The number of carboxylic acid groups (broad SMARTS) is 1. The van der Waals surface area contributed by atoms with Crippen LogP contribution in [0.5, 0.6) is 0 Å². The Balaban J connectivity index is 2.11. The number of fused-ring (bicyclic) bond motifs is 1. The van der Waals surface area contributed by atoms with Crippen LogP contribution in [0.1, 0.15) is 22.4 Å². The fraction of sp³-hybridized carbons (Fsp3) is 0.286. The molecule has 0 aliphatic rings. The number of amides is 1. The molecule has 2 aromatic heterocycles. The molecule has 1 amide bonds. The van der Waals surface area contributed by atoms with Crippen LogP contribution in [-0.2, 0) is 16.0 Å². The Kier molecular flexibility index (Phi) is 4.99. The monoisotopic (exact) mass is 365 g/mol. The van der Waals surface area contributed by atoms with Gasteiger partial charge < -0.3 is 14.4 Å². The molecule has 0 fully saturated rings. The number of nitrogens with zero attached hydrogens (tertiary/aromatic N) is 3. The van der Waals surface area contributed by atoms with Crippen LogP contribution in [0.4, 0.5) is 0 Å². The van der Waals surface area contributed by atoms with E-state index in [4.69, 9.17) is 10.1 Å². The molecular weight excluding hydrogens is 342 g/mol. The van der Waals surface area contributed by atoms with Crippen molar-refractivity contribution in [3.05, 3.63) is 58.9 Å². The molecule has 3 aromatic rings. The third kappa shape index (κ3) is 3.69. The fourth-order valence-corrected chi connectivity index (χ4v) is 3.11. The summed E-state index contributed by atoms with van der Waals surface area (Å²) in [5.41, 5.74) is 6.63. The molecule has 0 atom stereocenters. The maximum atomic E-state index is 12.6. The van der Waals surface area contributed by atoms with Crippen molar-refractivity contribution in [1.82, 2.24) is 14.3 Å². The molecule has 1 aromatic carbocycles. The van der Waals surface area contributed by atoms with Gasteiger partial charge in [-0.1, -0.05) is 18.2 Å². The molecule has 3 rings (SSSR count). The lowest BCUT2D eigenvalue weighted by Gasteiger charge is -2.15. The second-order valence-electron chi connectivity index (χ2n) is 6.91. The van der Waals surface area contributed by atoms with Gasteiger partial charge >= 0.3 is 5.97 Å². The molecule has 0 spiro atoms. The summed E-state index contributed by atoms with van der Waals surface area (Å²) in [5, 5.41) is 8.94. The van der Waals surface area contributed by atoms with Gasteiger partial charge in [-0.05, 0) is 49.6 Å². The molecule has 140 valence electrons. The van der Waals surface area contributed by atoms with Crippen LogP contribution >= 0.6 is 0 Å². The Morgan fingerprint density at radius 1 is 1.11 bits per heavy atom. The number of likely N-dealkylation sites (N-methyl/N-ethyl adjacent to an activating group) is 1. The number of aromatic nitrogens is 2. The van der Waals surface area contributed by atoms with E-state index in [9.17, 15) is 9.59 Å². The van der Waals surface area contributed by atoms with Gasteiger partial charge in [-0.2, -0.15) is 0 Å². The van der Waals surface area contributed by atoms with Crippen molar-refractivity contribution in [2.75, 3.05) is 13.6 Å². The maximum Gasteiger partial charge on any atom is 0.323 e. The summed E-state index contributed by atoms with van der Waals surface area (Å²) in [5.74, 6) is -1.29. The van der Waals surface area contributed by atoms with Gasteiger partial charge in [-0.3, -0.25) is 9.59 Å². The third-order valence-corrected chi connectivity index (χ3v) is 4.84. The minimum atomic E-state index is -1.03. The van der Waals surface area contributed by atoms with Crippen LogP contribution in [-0.4, -0.2) is 44.9 Å². The molecule has 2 heterocycles. The summed E-state index contributed by atoms with van der Waals surface area (Å²) >= 11 is 0. The predicted octanol–water partition coefficient (Wildman–Crippen LogP) is 3.01. The van der Waals surface area contributed by atoms with Crippen molar-refractivity contribution >= 4 is 17.5 Å². The third-order valence-electron chi connectivity index (χ3n) is 4.84. The minimum absolute atomic E-state index is 0.0800. The van der Waals surface area contributed by atoms with E-state index in [0.717, 1.165) is 33.7 Å². The van der Waals surface area contributed by atoms with Crippen molar-refractivity contribution in [2.45, 2.75) is 27.2 Å². The Morgan fingerprint density at radius 2 is 1.85 bits per heavy atom.